The van der Waals surface area contributed by atoms with Crippen LogP contribution in [-0.2, 0) is 4.79 Å². The number of nitrogens with zero attached hydrogens (tertiary/aromatic N) is 1. The van der Waals surface area contributed by atoms with Crippen LogP contribution < -0.4 is 10.6 Å². The number of carbonyl (C=O) groups is 1. The number of aryl methyl sites for hydroxylation is 1. The van der Waals surface area contributed by atoms with Crippen molar-refractivity contribution in [2.75, 3.05) is 5.32 Å². The van der Waals surface area contributed by atoms with Crippen LogP contribution in [0.1, 0.15) is 26.3 Å². The van der Waals surface area contributed by atoms with Gasteiger partial charge >= 0.3 is 0 Å². The zero-order valence-corrected chi connectivity index (χ0v) is 12.4. The summed E-state index contributed by atoms with van der Waals surface area (Å²) < 4.78 is 0. The molecular formula is C16H21N3O. The lowest BCUT2D eigenvalue weighted by Crippen LogP contribution is -2.41. The first kappa shape index (κ1) is 14.3. The Morgan fingerprint density at radius 1 is 1.20 bits per heavy atom. The first-order valence-electron chi connectivity index (χ1n) is 6.90. The van der Waals surface area contributed by atoms with E-state index < -0.39 is 0 Å². The molecule has 0 saturated heterocycles. The molecule has 0 spiro atoms. The summed E-state index contributed by atoms with van der Waals surface area (Å²) >= 11 is 0. The van der Waals surface area contributed by atoms with Gasteiger partial charge in [0.25, 0.3) is 0 Å². The summed E-state index contributed by atoms with van der Waals surface area (Å²) in [6, 6.07) is 9.87. The van der Waals surface area contributed by atoms with Crippen LogP contribution >= 0.6 is 0 Å². The molecule has 1 atom stereocenters. The number of hydrogen-bond donors (Lipinski definition) is 2. The minimum atomic E-state index is -0.315. The Morgan fingerprint density at radius 2 is 1.90 bits per heavy atom. The van der Waals surface area contributed by atoms with Crippen molar-refractivity contribution < 1.29 is 4.79 Å². The average molecular weight is 271 g/mol. The molecule has 1 amide bonds. The number of fused-ring (bicyclic) bond motifs is 1. The highest BCUT2D eigenvalue weighted by molar-refractivity contribution is 5.86. The van der Waals surface area contributed by atoms with E-state index in [1.54, 1.807) is 0 Å². The van der Waals surface area contributed by atoms with Gasteiger partial charge in [0, 0.05) is 11.4 Å². The molecule has 0 saturated carbocycles. The summed E-state index contributed by atoms with van der Waals surface area (Å²) in [5.41, 5.74) is 1.96. The van der Waals surface area contributed by atoms with E-state index in [4.69, 9.17) is 0 Å². The Hall–Kier alpha value is -2.10. The number of rotatable bonds is 4. The average Bonchev–Trinajstić information content (AvgIpc) is 2.38. The Labute approximate surface area is 119 Å². The summed E-state index contributed by atoms with van der Waals surface area (Å²) in [4.78, 5) is 16.5. The van der Waals surface area contributed by atoms with Crippen LogP contribution in [0.5, 0.6) is 0 Å². The third kappa shape index (κ3) is 3.26. The topological polar surface area (TPSA) is 54.0 Å². The Kier molecular flexibility index (Phi) is 4.23. The third-order valence-corrected chi connectivity index (χ3v) is 3.09. The fraction of sp³-hybridized carbons (Fsp3) is 0.375. The van der Waals surface area contributed by atoms with Gasteiger partial charge in [0.05, 0.1) is 5.52 Å². The summed E-state index contributed by atoms with van der Waals surface area (Å²) in [6.07, 6.45) is 0. The van der Waals surface area contributed by atoms with Crippen LogP contribution in [0.2, 0.25) is 0 Å². The van der Waals surface area contributed by atoms with Crippen molar-refractivity contribution in [2.24, 2.45) is 0 Å². The minimum absolute atomic E-state index is 0.0191. The molecular weight excluding hydrogens is 250 g/mol. The highest BCUT2D eigenvalue weighted by Crippen LogP contribution is 2.20. The highest BCUT2D eigenvalue weighted by atomic mass is 16.2. The Balaban J connectivity index is 2.20. The van der Waals surface area contributed by atoms with Gasteiger partial charge in [-0.2, -0.15) is 0 Å². The van der Waals surface area contributed by atoms with Gasteiger partial charge < -0.3 is 10.6 Å². The molecule has 1 heterocycles. The summed E-state index contributed by atoms with van der Waals surface area (Å²) in [6.45, 7) is 7.73. The molecule has 4 heteroatoms. The Morgan fingerprint density at radius 3 is 2.60 bits per heavy atom. The molecule has 2 aromatic rings. The van der Waals surface area contributed by atoms with E-state index in [1.165, 1.54) is 0 Å². The van der Waals surface area contributed by atoms with Gasteiger partial charge in [0.1, 0.15) is 11.9 Å². The molecule has 1 aromatic carbocycles. The summed E-state index contributed by atoms with van der Waals surface area (Å²) in [5.74, 6) is 0.740. The van der Waals surface area contributed by atoms with Crippen molar-refractivity contribution in [3.63, 3.8) is 0 Å². The lowest BCUT2D eigenvalue weighted by Gasteiger charge is -2.18. The fourth-order valence-electron chi connectivity index (χ4n) is 2.05. The smallest absolute Gasteiger partial charge is 0.242 e. The van der Waals surface area contributed by atoms with Gasteiger partial charge in [-0.25, -0.2) is 4.98 Å². The number of benzene rings is 1. The van der Waals surface area contributed by atoms with Gasteiger partial charge in [-0.05, 0) is 45.4 Å². The molecule has 2 rings (SSSR count). The molecule has 1 aromatic heterocycles. The lowest BCUT2D eigenvalue weighted by atomic mass is 10.1. The van der Waals surface area contributed by atoms with Crippen LogP contribution in [0.25, 0.3) is 10.9 Å². The predicted molar refractivity (Wildman–Crippen MR) is 82.8 cm³/mol. The van der Waals surface area contributed by atoms with Crippen molar-refractivity contribution in [1.82, 2.24) is 10.3 Å². The Bertz CT molecular complexity index is 622. The van der Waals surface area contributed by atoms with E-state index in [9.17, 15) is 4.79 Å². The first-order chi connectivity index (χ1) is 9.47. The summed E-state index contributed by atoms with van der Waals surface area (Å²) in [7, 11) is 0. The largest absolute Gasteiger partial charge is 0.358 e. The second kappa shape index (κ2) is 5.90. The van der Waals surface area contributed by atoms with E-state index in [-0.39, 0.29) is 18.0 Å². The number of anilines is 1. The number of nitrogens with one attached hydrogen (secondary N) is 2. The van der Waals surface area contributed by atoms with Crippen LogP contribution in [0.15, 0.2) is 30.3 Å². The van der Waals surface area contributed by atoms with E-state index in [1.807, 2.05) is 52.0 Å². The third-order valence-electron chi connectivity index (χ3n) is 3.09. The molecule has 0 fully saturated rings. The number of para-hydroxylation sites is 1. The molecule has 4 nitrogen and oxygen atoms in total. The molecule has 0 aliphatic heterocycles. The van der Waals surface area contributed by atoms with Crippen molar-refractivity contribution in [3.8, 4) is 0 Å². The SMILES string of the molecule is Cc1cc2ccccc2nc1NC(C)C(=O)NC(C)C. The van der Waals surface area contributed by atoms with Gasteiger partial charge in [-0.1, -0.05) is 18.2 Å². The van der Waals surface area contributed by atoms with Crippen molar-refractivity contribution in [1.29, 1.82) is 0 Å². The van der Waals surface area contributed by atoms with Gasteiger partial charge in [-0.15, -0.1) is 0 Å². The van der Waals surface area contributed by atoms with E-state index in [2.05, 4.69) is 21.7 Å². The zero-order valence-electron chi connectivity index (χ0n) is 12.4. The van der Waals surface area contributed by atoms with Crippen molar-refractivity contribution in [2.45, 2.75) is 39.8 Å². The molecule has 0 aliphatic rings. The number of aromatic nitrogens is 1. The number of pyridine rings is 1. The molecule has 0 bridgehead atoms. The van der Waals surface area contributed by atoms with E-state index >= 15 is 0 Å². The molecule has 106 valence electrons. The molecule has 0 aliphatic carbocycles. The molecule has 1 unspecified atom stereocenters. The maximum Gasteiger partial charge on any atom is 0.242 e. The molecule has 20 heavy (non-hydrogen) atoms. The van der Waals surface area contributed by atoms with Gasteiger partial charge in [-0.3, -0.25) is 4.79 Å². The van der Waals surface area contributed by atoms with E-state index in [0.717, 1.165) is 22.3 Å². The highest BCUT2D eigenvalue weighted by Gasteiger charge is 2.15. The standard InChI is InChI=1S/C16H21N3O/c1-10(2)17-16(20)12(4)18-15-11(3)9-13-7-5-6-8-14(13)19-15/h5-10,12H,1-4H3,(H,17,20)(H,18,19). The number of carbonyl (C=O) groups excluding carboxylic acids is 1. The monoisotopic (exact) mass is 271 g/mol. The van der Waals surface area contributed by atoms with E-state index in [0.29, 0.717) is 0 Å². The number of amides is 1. The van der Waals surface area contributed by atoms with Gasteiger partial charge in [0.15, 0.2) is 0 Å². The number of hydrogen-bond acceptors (Lipinski definition) is 3. The first-order valence-corrected chi connectivity index (χ1v) is 6.90. The van der Waals surface area contributed by atoms with Crippen LogP contribution in [0.4, 0.5) is 5.82 Å². The van der Waals surface area contributed by atoms with Crippen LogP contribution in [-0.4, -0.2) is 23.0 Å². The second-order valence-corrected chi connectivity index (χ2v) is 5.38. The normalized spacial score (nSPS) is 12.4. The quantitative estimate of drug-likeness (QED) is 0.899. The maximum absolute atomic E-state index is 11.9. The summed E-state index contributed by atoms with van der Waals surface area (Å²) in [5, 5.41) is 7.18. The van der Waals surface area contributed by atoms with Crippen LogP contribution in [0, 0.1) is 6.92 Å². The van der Waals surface area contributed by atoms with Crippen molar-refractivity contribution in [3.05, 3.63) is 35.9 Å². The minimum Gasteiger partial charge on any atom is -0.358 e. The van der Waals surface area contributed by atoms with Crippen molar-refractivity contribution >= 4 is 22.6 Å². The predicted octanol–water partition coefficient (Wildman–Crippen LogP) is 2.87. The second-order valence-electron chi connectivity index (χ2n) is 5.38. The fourth-order valence-corrected chi connectivity index (χ4v) is 2.05. The van der Waals surface area contributed by atoms with Gasteiger partial charge in [0.2, 0.25) is 5.91 Å². The molecule has 2 N–H and O–H groups in total. The maximum atomic E-state index is 11.9. The van der Waals surface area contributed by atoms with Crippen LogP contribution in [0.3, 0.4) is 0 Å². The molecule has 0 radical (unpaired) electrons. The zero-order chi connectivity index (χ0) is 14.7. The lowest BCUT2D eigenvalue weighted by molar-refractivity contribution is -0.122.